The van der Waals surface area contributed by atoms with Gasteiger partial charge in [-0.2, -0.15) is 4.73 Å². The number of nitrogens with zero attached hydrogens (tertiary/aromatic N) is 2. The van der Waals surface area contributed by atoms with Crippen LogP contribution in [0.4, 0.5) is 0 Å². The maximum atomic E-state index is 14.3. The first kappa shape index (κ1) is 20.8. The van der Waals surface area contributed by atoms with E-state index in [0.29, 0.717) is 11.4 Å². The SMILES string of the molecule is O=P(Cc1cccc(CN=Cc2ccccc2)[n+]1[O-])(c1ccccc1)c1ccccc1. The van der Waals surface area contributed by atoms with E-state index < -0.39 is 7.14 Å². The van der Waals surface area contributed by atoms with Gasteiger partial charge in [-0.15, -0.1) is 0 Å². The summed E-state index contributed by atoms with van der Waals surface area (Å²) in [6.07, 6.45) is 1.91. The van der Waals surface area contributed by atoms with Gasteiger partial charge in [0.2, 0.25) is 11.4 Å². The van der Waals surface area contributed by atoms with Crippen LogP contribution in [0.3, 0.4) is 0 Å². The second-order valence-corrected chi connectivity index (χ2v) is 10.1. The quantitative estimate of drug-likeness (QED) is 0.190. The fraction of sp³-hybridized carbons (Fsp3) is 0.0769. The zero-order valence-electron chi connectivity index (χ0n) is 17.0. The number of aromatic nitrogens is 1. The van der Waals surface area contributed by atoms with Gasteiger partial charge >= 0.3 is 0 Å². The van der Waals surface area contributed by atoms with Gasteiger partial charge < -0.3 is 9.77 Å². The van der Waals surface area contributed by atoms with Crippen molar-refractivity contribution in [2.75, 3.05) is 0 Å². The third-order valence-electron chi connectivity index (χ3n) is 5.12. The molecule has 3 aromatic carbocycles. The van der Waals surface area contributed by atoms with Crippen LogP contribution in [0.15, 0.2) is 114 Å². The van der Waals surface area contributed by atoms with Gasteiger partial charge in [0.25, 0.3) is 0 Å². The maximum Gasteiger partial charge on any atom is 0.214 e. The number of rotatable bonds is 7. The smallest absolute Gasteiger partial charge is 0.214 e. The van der Waals surface area contributed by atoms with Crippen LogP contribution in [-0.2, 0) is 17.3 Å². The van der Waals surface area contributed by atoms with Crippen molar-refractivity contribution >= 4 is 24.0 Å². The molecule has 0 spiro atoms. The van der Waals surface area contributed by atoms with Crippen LogP contribution in [0.25, 0.3) is 0 Å². The van der Waals surface area contributed by atoms with Gasteiger partial charge in [-0.05, 0) is 11.6 Å². The molecular weight excluding hydrogens is 403 g/mol. The normalized spacial score (nSPS) is 11.6. The van der Waals surface area contributed by atoms with Crippen molar-refractivity contribution in [3.05, 3.63) is 131 Å². The van der Waals surface area contributed by atoms with Gasteiger partial charge in [0.1, 0.15) is 6.54 Å². The summed E-state index contributed by atoms with van der Waals surface area (Å²) < 4.78 is 15.1. The van der Waals surface area contributed by atoms with E-state index in [0.717, 1.165) is 20.9 Å². The van der Waals surface area contributed by atoms with Crippen LogP contribution >= 0.6 is 7.14 Å². The van der Waals surface area contributed by atoms with E-state index in [-0.39, 0.29) is 12.7 Å². The number of benzene rings is 3. The summed E-state index contributed by atoms with van der Waals surface area (Å²) in [6, 6.07) is 33.9. The molecule has 0 saturated heterocycles. The second kappa shape index (κ2) is 9.55. The molecule has 0 atom stereocenters. The minimum Gasteiger partial charge on any atom is -0.618 e. The van der Waals surface area contributed by atoms with Crippen LogP contribution in [0.5, 0.6) is 0 Å². The first-order valence-electron chi connectivity index (χ1n) is 10.1. The fourth-order valence-corrected chi connectivity index (χ4v) is 6.17. The molecule has 0 fully saturated rings. The molecular formula is C26H23N2O2P. The lowest BCUT2D eigenvalue weighted by Gasteiger charge is -2.19. The lowest BCUT2D eigenvalue weighted by atomic mass is 10.2. The van der Waals surface area contributed by atoms with Gasteiger partial charge in [-0.3, -0.25) is 4.99 Å². The minimum absolute atomic E-state index is 0.154. The van der Waals surface area contributed by atoms with Crippen molar-refractivity contribution < 1.29 is 9.30 Å². The van der Waals surface area contributed by atoms with E-state index in [1.54, 1.807) is 18.3 Å². The molecule has 0 aliphatic carbocycles. The van der Waals surface area contributed by atoms with E-state index in [4.69, 9.17) is 0 Å². The minimum atomic E-state index is -3.03. The second-order valence-electron chi connectivity index (χ2n) is 7.25. The van der Waals surface area contributed by atoms with Crippen LogP contribution < -0.4 is 15.3 Å². The topological polar surface area (TPSA) is 56.4 Å². The number of hydrogen-bond donors (Lipinski definition) is 0. The van der Waals surface area contributed by atoms with Crippen molar-refractivity contribution in [3.8, 4) is 0 Å². The van der Waals surface area contributed by atoms with Crippen molar-refractivity contribution in [2.45, 2.75) is 12.7 Å². The Morgan fingerprint density at radius 1 is 0.710 bits per heavy atom. The molecule has 5 heteroatoms. The average Bonchev–Trinajstić information content (AvgIpc) is 2.83. The summed E-state index contributed by atoms with van der Waals surface area (Å²) >= 11 is 0. The molecule has 31 heavy (non-hydrogen) atoms. The molecule has 0 N–H and O–H groups in total. The third kappa shape index (κ3) is 4.82. The molecule has 1 heterocycles. The number of aliphatic imine (C=N–C) groups is 1. The highest BCUT2D eigenvalue weighted by molar-refractivity contribution is 7.78. The predicted molar refractivity (Wildman–Crippen MR) is 127 cm³/mol. The highest BCUT2D eigenvalue weighted by atomic mass is 31.2. The van der Waals surface area contributed by atoms with Crippen molar-refractivity contribution in [3.63, 3.8) is 0 Å². The largest absolute Gasteiger partial charge is 0.618 e. The fourth-order valence-electron chi connectivity index (χ4n) is 3.51. The first-order chi connectivity index (χ1) is 15.2. The van der Waals surface area contributed by atoms with Crippen molar-refractivity contribution in [1.29, 1.82) is 0 Å². The van der Waals surface area contributed by atoms with Crippen LogP contribution in [-0.4, -0.2) is 6.21 Å². The van der Waals surface area contributed by atoms with E-state index in [1.165, 1.54) is 0 Å². The average molecular weight is 426 g/mol. The van der Waals surface area contributed by atoms with Gasteiger partial charge in [0.15, 0.2) is 7.14 Å². The number of pyridine rings is 1. The molecule has 4 rings (SSSR count). The lowest BCUT2D eigenvalue weighted by molar-refractivity contribution is -0.621. The van der Waals surface area contributed by atoms with Gasteiger partial charge in [0.05, 0.1) is 6.16 Å². The Balaban J connectivity index is 1.65. The van der Waals surface area contributed by atoms with Gasteiger partial charge in [-0.1, -0.05) is 91.0 Å². The van der Waals surface area contributed by atoms with Crippen molar-refractivity contribution in [1.82, 2.24) is 0 Å². The zero-order valence-corrected chi connectivity index (χ0v) is 17.9. The Morgan fingerprint density at radius 2 is 1.23 bits per heavy atom. The number of hydrogen-bond acceptors (Lipinski definition) is 3. The highest BCUT2D eigenvalue weighted by Crippen LogP contribution is 2.46. The van der Waals surface area contributed by atoms with Crippen LogP contribution in [0, 0.1) is 5.21 Å². The van der Waals surface area contributed by atoms with E-state index in [1.807, 2.05) is 97.1 Å². The molecule has 0 saturated carbocycles. The summed E-state index contributed by atoms with van der Waals surface area (Å²) in [7, 11) is -3.03. The zero-order chi connectivity index (χ0) is 21.5. The highest BCUT2D eigenvalue weighted by Gasteiger charge is 2.31. The monoisotopic (exact) mass is 426 g/mol. The van der Waals surface area contributed by atoms with Gasteiger partial charge in [0, 0.05) is 29.0 Å². The Morgan fingerprint density at radius 3 is 1.81 bits per heavy atom. The predicted octanol–water partition coefficient (Wildman–Crippen LogP) is 4.45. The standard InChI is InChI=1S/C26H23N2O2P/c29-28-23(20-27-19-22-11-4-1-5-12-22)13-10-14-24(28)21-31(30,25-15-6-2-7-16-25)26-17-8-3-9-18-26/h1-19H,20-21H2. The summed E-state index contributed by atoms with van der Waals surface area (Å²) in [6.45, 7) is 0.257. The maximum absolute atomic E-state index is 14.3. The van der Waals surface area contributed by atoms with E-state index in [2.05, 4.69) is 4.99 Å². The Hall–Kier alpha value is -3.49. The molecule has 0 aliphatic heterocycles. The molecule has 0 bridgehead atoms. The summed E-state index contributed by atoms with van der Waals surface area (Å²) in [5, 5.41) is 14.6. The molecule has 154 valence electrons. The summed E-state index contributed by atoms with van der Waals surface area (Å²) in [5.41, 5.74) is 1.98. The molecule has 1 aromatic heterocycles. The van der Waals surface area contributed by atoms with E-state index in [9.17, 15) is 9.77 Å². The molecule has 0 amide bonds. The van der Waals surface area contributed by atoms with Crippen LogP contribution in [0.2, 0.25) is 0 Å². The third-order valence-corrected chi connectivity index (χ3v) is 8.16. The lowest BCUT2D eigenvalue weighted by Crippen LogP contribution is -2.37. The molecule has 0 aliphatic rings. The van der Waals surface area contributed by atoms with Crippen molar-refractivity contribution in [2.24, 2.45) is 4.99 Å². The molecule has 0 radical (unpaired) electrons. The Labute approximate surface area is 182 Å². The first-order valence-corrected chi connectivity index (χ1v) is 12.0. The molecule has 4 nitrogen and oxygen atoms in total. The summed E-state index contributed by atoms with van der Waals surface area (Å²) in [5.74, 6) is 0. The molecule has 0 unspecified atom stereocenters. The van der Waals surface area contributed by atoms with Gasteiger partial charge in [-0.25, -0.2) is 0 Å². The molecule has 4 aromatic rings. The Kier molecular flexibility index (Phi) is 6.40. The van der Waals surface area contributed by atoms with Crippen LogP contribution in [0.1, 0.15) is 17.0 Å². The summed E-state index contributed by atoms with van der Waals surface area (Å²) in [4.78, 5) is 4.41. The van der Waals surface area contributed by atoms with E-state index >= 15 is 0 Å². The Bertz CT molecular complexity index is 1170.